The molecule has 2 atom stereocenters. The van der Waals surface area contributed by atoms with Crippen molar-refractivity contribution < 1.29 is 0 Å². The molecule has 1 fully saturated rings. The third-order valence-corrected chi connectivity index (χ3v) is 2.28. The Balaban J connectivity index is 2.23. The number of hydrogen-bond donors (Lipinski definition) is 2. The molecule has 0 bridgehead atoms. The fourth-order valence-electron chi connectivity index (χ4n) is 1.85. The smallest absolute Gasteiger partial charge is 0.00841 e. The summed E-state index contributed by atoms with van der Waals surface area (Å²) >= 11 is 0. The van der Waals surface area contributed by atoms with E-state index >= 15 is 0 Å². The second-order valence-electron chi connectivity index (χ2n) is 3.94. The van der Waals surface area contributed by atoms with Crippen molar-refractivity contribution in [2.24, 2.45) is 5.73 Å². The van der Waals surface area contributed by atoms with Gasteiger partial charge in [-0.05, 0) is 19.3 Å². The normalized spacial score (nSPS) is 32.7. The van der Waals surface area contributed by atoms with E-state index in [-0.39, 0.29) is 0 Å². The Morgan fingerprint density at radius 2 is 2.09 bits per heavy atom. The van der Waals surface area contributed by atoms with E-state index in [0.29, 0.717) is 18.1 Å². The van der Waals surface area contributed by atoms with Gasteiger partial charge < -0.3 is 11.1 Å². The summed E-state index contributed by atoms with van der Waals surface area (Å²) in [6.07, 6.45) is 4.99. The Morgan fingerprint density at radius 1 is 1.36 bits per heavy atom. The van der Waals surface area contributed by atoms with E-state index in [0.717, 1.165) is 6.42 Å². The lowest BCUT2D eigenvalue weighted by atomic mass is 9.91. The zero-order chi connectivity index (χ0) is 8.27. The topological polar surface area (TPSA) is 38.0 Å². The maximum Gasteiger partial charge on any atom is 0.00841 e. The van der Waals surface area contributed by atoms with Crippen LogP contribution in [0.5, 0.6) is 0 Å². The molecule has 66 valence electrons. The predicted molar refractivity (Wildman–Crippen MR) is 48.5 cm³/mol. The van der Waals surface area contributed by atoms with Gasteiger partial charge in [-0.15, -0.1) is 0 Å². The van der Waals surface area contributed by atoms with Crippen LogP contribution in [0, 0.1) is 0 Å². The molecule has 0 spiro atoms. The summed E-state index contributed by atoms with van der Waals surface area (Å²) < 4.78 is 0. The van der Waals surface area contributed by atoms with Crippen LogP contribution in [0.25, 0.3) is 0 Å². The standard InChI is InChI=1S/C9H20N2/c1-7(2)11-9-5-3-4-8(10)6-9/h7-9,11H,3-6,10H2,1-2H3/t8-,9+/m1/s1. The molecule has 11 heavy (non-hydrogen) atoms. The van der Waals surface area contributed by atoms with Gasteiger partial charge in [-0.25, -0.2) is 0 Å². The van der Waals surface area contributed by atoms with Crippen molar-refractivity contribution in [2.75, 3.05) is 0 Å². The highest BCUT2D eigenvalue weighted by Crippen LogP contribution is 2.17. The van der Waals surface area contributed by atoms with Gasteiger partial charge in [-0.1, -0.05) is 20.3 Å². The molecule has 0 unspecified atom stereocenters. The zero-order valence-corrected chi connectivity index (χ0v) is 7.64. The molecule has 2 heteroatoms. The van der Waals surface area contributed by atoms with Crippen molar-refractivity contribution in [1.29, 1.82) is 0 Å². The number of nitrogens with one attached hydrogen (secondary N) is 1. The van der Waals surface area contributed by atoms with Gasteiger partial charge >= 0.3 is 0 Å². The van der Waals surface area contributed by atoms with Crippen molar-refractivity contribution in [1.82, 2.24) is 5.32 Å². The van der Waals surface area contributed by atoms with Gasteiger partial charge in [0, 0.05) is 18.1 Å². The monoisotopic (exact) mass is 156 g/mol. The Hall–Kier alpha value is -0.0800. The van der Waals surface area contributed by atoms with Gasteiger partial charge in [0.2, 0.25) is 0 Å². The molecular weight excluding hydrogens is 136 g/mol. The van der Waals surface area contributed by atoms with Crippen molar-refractivity contribution >= 4 is 0 Å². The van der Waals surface area contributed by atoms with E-state index in [1.807, 2.05) is 0 Å². The fraction of sp³-hybridized carbons (Fsp3) is 1.00. The Morgan fingerprint density at radius 3 is 2.64 bits per heavy atom. The first-order chi connectivity index (χ1) is 5.18. The maximum atomic E-state index is 5.86. The van der Waals surface area contributed by atoms with Crippen LogP contribution >= 0.6 is 0 Å². The second-order valence-corrected chi connectivity index (χ2v) is 3.94. The van der Waals surface area contributed by atoms with Gasteiger partial charge in [0.1, 0.15) is 0 Å². The average Bonchev–Trinajstić information content (AvgIpc) is 1.85. The molecule has 1 saturated carbocycles. The SMILES string of the molecule is CC(C)N[C@H]1CCC[C@@H](N)C1. The summed E-state index contributed by atoms with van der Waals surface area (Å²) in [6.45, 7) is 4.39. The zero-order valence-electron chi connectivity index (χ0n) is 7.64. The number of hydrogen-bond acceptors (Lipinski definition) is 2. The van der Waals surface area contributed by atoms with Gasteiger partial charge in [0.05, 0.1) is 0 Å². The largest absolute Gasteiger partial charge is 0.328 e. The molecule has 0 aromatic heterocycles. The molecule has 0 heterocycles. The molecule has 1 aliphatic carbocycles. The first kappa shape index (κ1) is 9.01. The minimum Gasteiger partial charge on any atom is -0.328 e. The lowest BCUT2D eigenvalue weighted by molar-refractivity contribution is 0.323. The van der Waals surface area contributed by atoms with Crippen LogP contribution in [-0.2, 0) is 0 Å². The van der Waals surface area contributed by atoms with Crippen molar-refractivity contribution in [3.8, 4) is 0 Å². The molecule has 0 aromatic rings. The van der Waals surface area contributed by atoms with Crippen LogP contribution in [0.15, 0.2) is 0 Å². The fourth-order valence-corrected chi connectivity index (χ4v) is 1.85. The van der Waals surface area contributed by atoms with Gasteiger partial charge in [0.15, 0.2) is 0 Å². The molecule has 2 nitrogen and oxygen atoms in total. The first-order valence-corrected chi connectivity index (χ1v) is 4.70. The lowest BCUT2D eigenvalue weighted by Gasteiger charge is -2.28. The van der Waals surface area contributed by atoms with Crippen LogP contribution < -0.4 is 11.1 Å². The van der Waals surface area contributed by atoms with E-state index in [1.165, 1.54) is 19.3 Å². The highest BCUT2D eigenvalue weighted by Gasteiger charge is 2.18. The molecule has 1 rings (SSSR count). The summed E-state index contributed by atoms with van der Waals surface area (Å²) in [7, 11) is 0. The summed E-state index contributed by atoms with van der Waals surface area (Å²) in [5, 5.41) is 3.53. The van der Waals surface area contributed by atoms with Crippen molar-refractivity contribution in [3.05, 3.63) is 0 Å². The molecular formula is C9H20N2. The highest BCUT2D eigenvalue weighted by atomic mass is 14.9. The van der Waals surface area contributed by atoms with Crippen LogP contribution in [0.3, 0.4) is 0 Å². The third kappa shape index (κ3) is 3.21. The average molecular weight is 156 g/mol. The third-order valence-electron chi connectivity index (χ3n) is 2.28. The summed E-state index contributed by atoms with van der Waals surface area (Å²) in [5.74, 6) is 0. The highest BCUT2D eigenvalue weighted by molar-refractivity contribution is 4.80. The molecule has 0 radical (unpaired) electrons. The molecule has 0 aromatic carbocycles. The minimum atomic E-state index is 0.444. The predicted octanol–water partition coefficient (Wildman–Crippen LogP) is 1.25. The minimum absolute atomic E-state index is 0.444. The molecule has 3 N–H and O–H groups in total. The Kier molecular flexibility index (Phi) is 3.34. The van der Waals surface area contributed by atoms with E-state index in [4.69, 9.17) is 5.73 Å². The van der Waals surface area contributed by atoms with Gasteiger partial charge in [-0.2, -0.15) is 0 Å². The van der Waals surface area contributed by atoms with Gasteiger partial charge in [-0.3, -0.25) is 0 Å². The van der Waals surface area contributed by atoms with Crippen LogP contribution in [0.2, 0.25) is 0 Å². The van der Waals surface area contributed by atoms with Crippen molar-refractivity contribution in [3.63, 3.8) is 0 Å². The van der Waals surface area contributed by atoms with Crippen LogP contribution in [-0.4, -0.2) is 18.1 Å². The van der Waals surface area contributed by atoms with E-state index in [2.05, 4.69) is 19.2 Å². The number of rotatable bonds is 2. The van der Waals surface area contributed by atoms with Crippen LogP contribution in [0.1, 0.15) is 39.5 Å². The molecule has 0 saturated heterocycles. The Labute approximate surface area is 69.5 Å². The molecule has 1 aliphatic rings. The first-order valence-electron chi connectivity index (χ1n) is 4.70. The lowest BCUT2D eigenvalue weighted by Crippen LogP contribution is -2.42. The summed E-state index contributed by atoms with van der Waals surface area (Å²) in [4.78, 5) is 0. The second kappa shape index (κ2) is 4.07. The van der Waals surface area contributed by atoms with E-state index in [9.17, 15) is 0 Å². The number of nitrogens with two attached hydrogens (primary N) is 1. The maximum absolute atomic E-state index is 5.86. The molecule has 0 aliphatic heterocycles. The van der Waals surface area contributed by atoms with Crippen LogP contribution in [0.4, 0.5) is 0 Å². The summed E-state index contributed by atoms with van der Waals surface area (Å²) in [5.41, 5.74) is 5.86. The summed E-state index contributed by atoms with van der Waals surface area (Å²) in [6, 6.07) is 1.73. The van der Waals surface area contributed by atoms with Crippen molar-refractivity contribution in [2.45, 2.75) is 57.7 Å². The van der Waals surface area contributed by atoms with E-state index < -0.39 is 0 Å². The quantitative estimate of drug-likeness (QED) is 0.631. The van der Waals surface area contributed by atoms with Gasteiger partial charge in [0.25, 0.3) is 0 Å². The molecule has 0 amide bonds. The Bertz CT molecular complexity index is 110. The van der Waals surface area contributed by atoms with E-state index in [1.54, 1.807) is 0 Å².